The number of rotatable bonds is 12. The fourth-order valence-electron chi connectivity index (χ4n) is 6.26. The minimum Gasteiger partial charge on any atom is -0.496 e. The van der Waals surface area contributed by atoms with Crippen LogP contribution < -0.4 is 9.47 Å². The van der Waals surface area contributed by atoms with Crippen LogP contribution in [0.2, 0.25) is 0 Å². The molecule has 5 rings (SSSR count). The number of hydrogen-bond acceptors (Lipinski definition) is 11. The third kappa shape index (κ3) is 8.21. The minimum atomic E-state index is -3.77. The molecular formula is C33H45BrN2O11S2. The summed E-state index contributed by atoms with van der Waals surface area (Å²) in [6.45, 7) is 5.05. The summed E-state index contributed by atoms with van der Waals surface area (Å²) >= 11 is 3.36. The molecule has 16 heteroatoms. The number of hydrogen-bond donors (Lipinski definition) is 2. The topological polar surface area (TPSA) is 169 Å². The van der Waals surface area contributed by atoms with E-state index in [0.29, 0.717) is 42.3 Å². The van der Waals surface area contributed by atoms with E-state index in [1.54, 1.807) is 32.9 Å². The lowest BCUT2D eigenvalue weighted by Crippen LogP contribution is -2.50. The van der Waals surface area contributed by atoms with Crippen molar-refractivity contribution in [2.75, 3.05) is 46.6 Å². The van der Waals surface area contributed by atoms with Crippen molar-refractivity contribution in [2.45, 2.75) is 90.8 Å². The van der Waals surface area contributed by atoms with Gasteiger partial charge in [0, 0.05) is 13.1 Å². The van der Waals surface area contributed by atoms with Crippen LogP contribution in [-0.4, -0.2) is 117 Å². The van der Waals surface area contributed by atoms with E-state index in [9.17, 15) is 31.8 Å². The highest BCUT2D eigenvalue weighted by Gasteiger charge is 2.54. The van der Waals surface area contributed by atoms with E-state index in [-0.39, 0.29) is 48.4 Å². The fourth-order valence-corrected chi connectivity index (χ4v) is 10.3. The molecule has 3 fully saturated rings. The Balaban J connectivity index is 1.23. The molecule has 1 saturated carbocycles. The van der Waals surface area contributed by atoms with Crippen LogP contribution in [-0.2, 0) is 29.3 Å². The van der Waals surface area contributed by atoms with E-state index < -0.39 is 60.7 Å². The molecule has 0 bridgehead atoms. The quantitative estimate of drug-likeness (QED) is 0.322. The molecule has 2 heterocycles. The number of piperidine rings is 1. The van der Waals surface area contributed by atoms with Gasteiger partial charge in [-0.05, 0) is 105 Å². The number of carbonyl (C=O) groups excluding carboxylic acids is 1. The van der Waals surface area contributed by atoms with Gasteiger partial charge in [0.25, 0.3) is 0 Å². The van der Waals surface area contributed by atoms with E-state index in [4.69, 9.17) is 18.9 Å². The van der Waals surface area contributed by atoms with Crippen LogP contribution in [0.15, 0.2) is 56.7 Å². The highest BCUT2D eigenvalue weighted by atomic mass is 79.9. The van der Waals surface area contributed by atoms with Gasteiger partial charge in [0.15, 0.2) is 9.84 Å². The number of benzene rings is 2. The van der Waals surface area contributed by atoms with Crippen molar-refractivity contribution in [3.05, 3.63) is 46.9 Å². The highest BCUT2D eigenvalue weighted by Crippen LogP contribution is 2.46. The number of amides is 1. The first-order valence-electron chi connectivity index (χ1n) is 16.2. The average Bonchev–Trinajstić information content (AvgIpc) is 3.77. The Hall–Kier alpha value is -2.47. The SMILES string of the molecule is COc1ccc(S(=O)(=O)N2CCC3(CC2)C[C@@H](N(C[C@H](O)COc2cccc(S(=O)(=O)C4(CO)CC4)c2)C(=O)OC(C)(C)C)CO3)cc1Br. The molecule has 3 aliphatic rings. The van der Waals surface area contributed by atoms with Gasteiger partial charge in [0.2, 0.25) is 10.0 Å². The number of methoxy groups -OCH3 is 1. The molecule has 13 nitrogen and oxygen atoms in total. The Labute approximate surface area is 296 Å². The summed E-state index contributed by atoms with van der Waals surface area (Å²) in [4.78, 5) is 15.1. The molecule has 2 aliphatic heterocycles. The molecule has 272 valence electrons. The molecular weight excluding hydrogens is 744 g/mol. The number of sulfone groups is 1. The van der Waals surface area contributed by atoms with Gasteiger partial charge in [-0.25, -0.2) is 21.6 Å². The number of halogens is 1. The van der Waals surface area contributed by atoms with Crippen LogP contribution in [0.5, 0.6) is 11.5 Å². The zero-order valence-corrected chi connectivity index (χ0v) is 31.4. The molecule has 0 unspecified atom stereocenters. The van der Waals surface area contributed by atoms with Crippen molar-refractivity contribution in [3.8, 4) is 11.5 Å². The van der Waals surface area contributed by atoms with Crippen molar-refractivity contribution in [3.63, 3.8) is 0 Å². The molecule has 0 radical (unpaired) electrons. The largest absolute Gasteiger partial charge is 0.496 e. The molecule has 1 amide bonds. The maximum absolute atomic E-state index is 13.4. The second-order valence-corrected chi connectivity index (χ2v) is 19.1. The molecule has 2 N–H and O–H groups in total. The van der Waals surface area contributed by atoms with Crippen LogP contribution in [0.3, 0.4) is 0 Å². The van der Waals surface area contributed by atoms with Gasteiger partial charge in [-0.1, -0.05) is 6.07 Å². The van der Waals surface area contributed by atoms with E-state index in [2.05, 4.69) is 15.9 Å². The number of sulfonamides is 1. The first kappa shape index (κ1) is 37.8. The van der Waals surface area contributed by atoms with Gasteiger partial charge < -0.3 is 34.1 Å². The molecule has 0 aromatic heterocycles. The lowest BCUT2D eigenvalue weighted by atomic mass is 9.88. The van der Waals surface area contributed by atoms with Crippen LogP contribution in [0.4, 0.5) is 4.79 Å². The van der Waals surface area contributed by atoms with Crippen molar-refractivity contribution < 1.29 is 50.8 Å². The zero-order chi connectivity index (χ0) is 35.8. The second kappa shape index (κ2) is 14.3. The first-order chi connectivity index (χ1) is 22.9. The van der Waals surface area contributed by atoms with Crippen molar-refractivity contribution in [1.82, 2.24) is 9.21 Å². The van der Waals surface area contributed by atoms with Gasteiger partial charge in [-0.15, -0.1) is 0 Å². The number of aliphatic hydroxyl groups is 2. The lowest BCUT2D eigenvalue weighted by Gasteiger charge is -2.38. The maximum atomic E-state index is 13.4. The maximum Gasteiger partial charge on any atom is 0.410 e. The van der Waals surface area contributed by atoms with Gasteiger partial charge in [-0.2, -0.15) is 4.31 Å². The normalized spacial score (nSPS) is 21.2. The van der Waals surface area contributed by atoms with Gasteiger partial charge in [0.1, 0.15) is 29.8 Å². The molecule has 49 heavy (non-hydrogen) atoms. The van der Waals surface area contributed by atoms with Gasteiger partial charge in [-0.3, -0.25) is 0 Å². The molecule has 1 spiro atoms. The third-order valence-corrected chi connectivity index (χ3v) is 14.4. The van der Waals surface area contributed by atoms with E-state index in [1.165, 1.54) is 46.6 Å². The first-order valence-corrected chi connectivity index (χ1v) is 19.9. The van der Waals surface area contributed by atoms with Crippen molar-refractivity contribution >= 4 is 41.9 Å². The molecule has 2 aromatic carbocycles. The number of ether oxygens (including phenoxy) is 4. The monoisotopic (exact) mass is 788 g/mol. The molecule has 2 atom stereocenters. The third-order valence-electron chi connectivity index (χ3n) is 9.28. The van der Waals surface area contributed by atoms with Crippen LogP contribution in [0.1, 0.15) is 52.9 Å². The van der Waals surface area contributed by atoms with Crippen LogP contribution in [0, 0.1) is 0 Å². The summed E-state index contributed by atoms with van der Waals surface area (Å²) in [5.74, 6) is 0.753. The lowest BCUT2D eigenvalue weighted by molar-refractivity contribution is -0.0329. The smallest absolute Gasteiger partial charge is 0.410 e. The Morgan fingerprint density at radius 3 is 2.37 bits per heavy atom. The van der Waals surface area contributed by atoms with E-state index in [1.807, 2.05) is 0 Å². The number of aliphatic hydroxyl groups excluding tert-OH is 2. The number of carbonyl (C=O) groups is 1. The minimum absolute atomic E-state index is 0.0329. The Morgan fingerprint density at radius 2 is 1.78 bits per heavy atom. The Morgan fingerprint density at radius 1 is 1.08 bits per heavy atom. The summed E-state index contributed by atoms with van der Waals surface area (Å²) in [5.41, 5.74) is -1.46. The standard InChI is InChI=1S/C33H45BrN2O11S2/c1-31(2,3)47-30(39)36(19-24(38)21-45-25-6-5-7-26(16-25)48(40,41)33(22-37)10-11-33)23-18-32(46-20-23)12-14-35(15-13-32)49(42,43)27-8-9-29(44-4)28(34)17-27/h5-9,16-17,23-24,37-38H,10-15,18-22H2,1-4H3/t23-,24+/m1/s1. The van der Waals surface area contributed by atoms with E-state index >= 15 is 0 Å². The second-order valence-electron chi connectivity index (χ2n) is 14.0. The molecule has 2 saturated heterocycles. The summed E-state index contributed by atoms with van der Waals surface area (Å²) in [5, 5.41) is 20.7. The molecule has 1 aliphatic carbocycles. The van der Waals surface area contributed by atoms with Crippen LogP contribution >= 0.6 is 15.9 Å². The summed E-state index contributed by atoms with van der Waals surface area (Å²) in [6.07, 6.45) is 0.258. The zero-order valence-electron chi connectivity index (χ0n) is 28.1. The summed E-state index contributed by atoms with van der Waals surface area (Å²) < 4.78 is 76.7. The summed E-state index contributed by atoms with van der Waals surface area (Å²) in [7, 11) is -6.02. The predicted molar refractivity (Wildman–Crippen MR) is 183 cm³/mol. The number of nitrogens with zero attached hydrogens (tertiary/aromatic N) is 2. The average molecular weight is 790 g/mol. The van der Waals surface area contributed by atoms with E-state index in [0.717, 1.165) is 0 Å². The highest BCUT2D eigenvalue weighted by molar-refractivity contribution is 9.10. The van der Waals surface area contributed by atoms with Gasteiger partial charge in [0.05, 0.1) is 57.5 Å². The van der Waals surface area contributed by atoms with Gasteiger partial charge >= 0.3 is 6.09 Å². The molecule has 2 aromatic rings. The van der Waals surface area contributed by atoms with Crippen LogP contribution in [0.25, 0.3) is 0 Å². The fraction of sp³-hybridized carbons (Fsp3) is 0.606. The predicted octanol–water partition coefficient (Wildman–Crippen LogP) is 3.75. The van der Waals surface area contributed by atoms with Crippen molar-refractivity contribution in [2.24, 2.45) is 0 Å². The Bertz CT molecular complexity index is 1730. The Kier molecular flexibility index (Phi) is 11.0. The van der Waals surface area contributed by atoms with Crippen molar-refractivity contribution in [1.29, 1.82) is 0 Å². The summed E-state index contributed by atoms with van der Waals surface area (Å²) in [6, 6.07) is 10.1.